The van der Waals surface area contributed by atoms with Gasteiger partial charge in [0.25, 0.3) is 0 Å². The molecule has 0 aliphatic carbocycles. The first-order chi connectivity index (χ1) is 7.77. The molecule has 1 aromatic rings. The fourth-order valence-corrected chi connectivity index (χ4v) is 1.46. The van der Waals surface area contributed by atoms with E-state index in [1.165, 1.54) is 0 Å². The smallest absolute Gasteiger partial charge is 0.317 e. The zero-order chi connectivity index (χ0) is 11.8. The third kappa shape index (κ3) is 3.77. The molecule has 1 aromatic carbocycles. The summed E-state index contributed by atoms with van der Waals surface area (Å²) >= 11 is 0. The van der Waals surface area contributed by atoms with Gasteiger partial charge in [0.05, 0.1) is 0 Å². The summed E-state index contributed by atoms with van der Waals surface area (Å²) in [7, 11) is 1.65. The van der Waals surface area contributed by atoms with Crippen molar-refractivity contribution in [3.63, 3.8) is 0 Å². The number of nitrogens with one attached hydrogen (secondary N) is 1. The Hall–Kier alpha value is -1.77. The number of hydrogen-bond donors (Lipinski definition) is 1. The number of nitrogens with zero attached hydrogens (tertiary/aromatic N) is 1. The van der Waals surface area contributed by atoms with Crippen molar-refractivity contribution < 1.29 is 4.79 Å². The molecule has 0 aromatic heterocycles. The Morgan fingerprint density at radius 1 is 1.44 bits per heavy atom. The van der Waals surface area contributed by atoms with Crippen LogP contribution < -0.4 is 5.32 Å². The van der Waals surface area contributed by atoms with E-state index in [1.807, 2.05) is 36.4 Å². The topological polar surface area (TPSA) is 32.3 Å². The van der Waals surface area contributed by atoms with E-state index in [-0.39, 0.29) is 6.03 Å². The molecule has 3 heteroatoms. The lowest BCUT2D eigenvalue weighted by Gasteiger charge is -2.21. The van der Waals surface area contributed by atoms with Crippen LogP contribution >= 0.6 is 0 Å². The monoisotopic (exact) mass is 218 g/mol. The number of urea groups is 1. The predicted molar refractivity (Wildman–Crippen MR) is 66.1 cm³/mol. The number of rotatable bonds is 5. The minimum Gasteiger partial charge on any atom is -0.341 e. The molecular formula is C13H18N2O. The van der Waals surface area contributed by atoms with Gasteiger partial charge in [-0.2, -0.15) is 0 Å². The zero-order valence-corrected chi connectivity index (χ0v) is 9.65. The average molecular weight is 218 g/mol. The summed E-state index contributed by atoms with van der Waals surface area (Å²) < 4.78 is 0. The molecule has 0 spiro atoms. The highest BCUT2D eigenvalue weighted by Crippen LogP contribution is 2.05. The molecule has 1 N–H and O–H groups in total. The van der Waals surface area contributed by atoms with E-state index in [9.17, 15) is 4.79 Å². The maximum atomic E-state index is 11.6. The fraction of sp³-hybridized carbons (Fsp3) is 0.308. The van der Waals surface area contributed by atoms with E-state index in [4.69, 9.17) is 0 Å². The largest absolute Gasteiger partial charge is 0.341 e. The third-order valence-corrected chi connectivity index (χ3v) is 2.32. The Bertz CT molecular complexity index is 335. The lowest BCUT2D eigenvalue weighted by Crippen LogP contribution is -2.38. The van der Waals surface area contributed by atoms with Crippen molar-refractivity contribution in [2.75, 3.05) is 13.6 Å². The first-order valence-electron chi connectivity index (χ1n) is 5.39. The molecule has 0 aliphatic heterocycles. The molecular weight excluding hydrogens is 200 g/mol. The average Bonchev–Trinajstić information content (AvgIpc) is 2.34. The molecule has 86 valence electrons. The second kappa shape index (κ2) is 6.67. The van der Waals surface area contributed by atoms with Crippen LogP contribution in [0.4, 0.5) is 4.79 Å². The highest BCUT2D eigenvalue weighted by molar-refractivity contribution is 5.73. The Balaban J connectivity index is 2.63. The van der Waals surface area contributed by atoms with Crippen LogP contribution in [0.1, 0.15) is 12.0 Å². The van der Waals surface area contributed by atoms with E-state index in [0.29, 0.717) is 13.1 Å². The van der Waals surface area contributed by atoms with Crippen LogP contribution in [0.2, 0.25) is 0 Å². The van der Waals surface area contributed by atoms with Crippen LogP contribution in [-0.4, -0.2) is 24.5 Å². The summed E-state index contributed by atoms with van der Waals surface area (Å²) in [6, 6.07) is 9.91. The molecule has 1 rings (SSSR count). The molecule has 0 fully saturated rings. The summed E-state index contributed by atoms with van der Waals surface area (Å²) in [4.78, 5) is 13.4. The lowest BCUT2D eigenvalue weighted by molar-refractivity contribution is 0.198. The van der Waals surface area contributed by atoms with Gasteiger partial charge in [-0.3, -0.25) is 0 Å². The van der Waals surface area contributed by atoms with Crippen molar-refractivity contribution in [1.82, 2.24) is 10.2 Å². The third-order valence-electron chi connectivity index (χ3n) is 2.32. The van der Waals surface area contributed by atoms with Crippen LogP contribution in [-0.2, 0) is 6.54 Å². The second-order valence-corrected chi connectivity index (χ2v) is 3.54. The van der Waals surface area contributed by atoms with E-state index in [0.717, 1.165) is 12.0 Å². The van der Waals surface area contributed by atoms with Gasteiger partial charge >= 0.3 is 6.03 Å². The lowest BCUT2D eigenvalue weighted by atomic mass is 10.2. The van der Waals surface area contributed by atoms with Gasteiger partial charge in [0.2, 0.25) is 0 Å². The van der Waals surface area contributed by atoms with E-state index < -0.39 is 0 Å². The summed E-state index contributed by atoms with van der Waals surface area (Å²) in [5, 5.41) is 2.65. The van der Waals surface area contributed by atoms with Crippen LogP contribution in [0.15, 0.2) is 43.0 Å². The Morgan fingerprint density at radius 2 is 2.12 bits per heavy atom. The molecule has 3 nitrogen and oxygen atoms in total. The van der Waals surface area contributed by atoms with Gasteiger partial charge in [-0.05, 0) is 12.0 Å². The van der Waals surface area contributed by atoms with Crippen molar-refractivity contribution in [2.24, 2.45) is 0 Å². The van der Waals surface area contributed by atoms with Gasteiger partial charge in [-0.1, -0.05) is 36.4 Å². The van der Waals surface area contributed by atoms with Gasteiger partial charge in [-0.15, -0.1) is 6.58 Å². The number of carbonyl (C=O) groups excluding carboxylic acids is 1. The highest BCUT2D eigenvalue weighted by Gasteiger charge is 2.10. The summed E-state index contributed by atoms with van der Waals surface area (Å²) in [5.74, 6) is 0. The summed E-state index contributed by atoms with van der Waals surface area (Å²) in [6.07, 6.45) is 2.63. The van der Waals surface area contributed by atoms with E-state index in [1.54, 1.807) is 11.9 Å². The molecule has 0 heterocycles. The fourth-order valence-electron chi connectivity index (χ4n) is 1.46. The van der Waals surface area contributed by atoms with Crippen molar-refractivity contribution >= 4 is 6.03 Å². The summed E-state index contributed by atoms with van der Waals surface area (Å²) in [6.45, 7) is 4.99. The molecule has 0 atom stereocenters. The minimum absolute atomic E-state index is 0.0503. The Morgan fingerprint density at radius 3 is 2.69 bits per heavy atom. The standard InChI is InChI=1S/C13H18N2O/c1-3-4-10-15(13(16)14-2)11-12-8-6-5-7-9-12/h3,5-9H,1,4,10-11H2,2H3,(H,14,16). The number of carbonyl (C=O) groups is 1. The van der Waals surface area contributed by atoms with Crippen molar-refractivity contribution in [2.45, 2.75) is 13.0 Å². The summed E-state index contributed by atoms with van der Waals surface area (Å²) in [5.41, 5.74) is 1.13. The zero-order valence-electron chi connectivity index (χ0n) is 9.65. The minimum atomic E-state index is -0.0503. The van der Waals surface area contributed by atoms with Crippen LogP contribution in [0.3, 0.4) is 0 Å². The molecule has 2 amide bonds. The molecule has 0 unspecified atom stereocenters. The van der Waals surface area contributed by atoms with Crippen LogP contribution in [0.25, 0.3) is 0 Å². The number of amides is 2. The van der Waals surface area contributed by atoms with Gasteiger partial charge in [0.15, 0.2) is 0 Å². The Kier molecular flexibility index (Phi) is 5.12. The maximum Gasteiger partial charge on any atom is 0.317 e. The van der Waals surface area contributed by atoms with Crippen molar-refractivity contribution in [3.8, 4) is 0 Å². The van der Waals surface area contributed by atoms with E-state index in [2.05, 4.69) is 11.9 Å². The van der Waals surface area contributed by atoms with Crippen molar-refractivity contribution in [3.05, 3.63) is 48.6 Å². The molecule has 0 bridgehead atoms. The predicted octanol–water partition coefficient (Wildman–Crippen LogP) is 2.40. The second-order valence-electron chi connectivity index (χ2n) is 3.54. The van der Waals surface area contributed by atoms with Crippen LogP contribution in [0, 0.1) is 0 Å². The quantitative estimate of drug-likeness (QED) is 0.756. The molecule has 16 heavy (non-hydrogen) atoms. The molecule has 0 radical (unpaired) electrons. The molecule has 0 saturated carbocycles. The first kappa shape index (κ1) is 12.3. The van der Waals surface area contributed by atoms with Gasteiger partial charge in [0, 0.05) is 20.1 Å². The number of hydrogen-bond acceptors (Lipinski definition) is 1. The normalized spacial score (nSPS) is 9.56. The maximum absolute atomic E-state index is 11.6. The van der Waals surface area contributed by atoms with Gasteiger partial charge < -0.3 is 10.2 Å². The first-order valence-corrected chi connectivity index (χ1v) is 5.39. The van der Waals surface area contributed by atoms with Crippen molar-refractivity contribution in [1.29, 1.82) is 0 Å². The van der Waals surface area contributed by atoms with Gasteiger partial charge in [-0.25, -0.2) is 4.79 Å². The van der Waals surface area contributed by atoms with Crippen LogP contribution in [0.5, 0.6) is 0 Å². The SMILES string of the molecule is C=CCCN(Cc1ccccc1)C(=O)NC. The molecule has 0 aliphatic rings. The van der Waals surface area contributed by atoms with Gasteiger partial charge in [0.1, 0.15) is 0 Å². The van der Waals surface area contributed by atoms with E-state index >= 15 is 0 Å². The number of benzene rings is 1. The molecule has 0 saturated heterocycles. The highest BCUT2D eigenvalue weighted by atomic mass is 16.2. The Labute approximate surface area is 96.8 Å².